The second kappa shape index (κ2) is 27.8. The number of ketones is 1. The molecule has 1 heterocycles. The van der Waals surface area contributed by atoms with E-state index < -0.39 is 83.8 Å². The lowest BCUT2D eigenvalue weighted by molar-refractivity contribution is -0.152. The molecule has 67 heavy (non-hydrogen) atoms. The number of benzene rings is 1. The lowest BCUT2D eigenvalue weighted by atomic mass is 9.96. The Morgan fingerprint density at radius 1 is 0.612 bits per heavy atom. The lowest BCUT2D eigenvalue weighted by Crippen LogP contribution is -2.62. The number of likely N-dealkylation sites (tertiary alicyclic amines) is 1. The van der Waals surface area contributed by atoms with Crippen LogP contribution in [0.2, 0.25) is 0 Å². The Kier molecular flexibility index (Phi) is 24.2. The van der Waals surface area contributed by atoms with Crippen molar-refractivity contribution in [3.63, 3.8) is 0 Å². The number of hydrogen-bond acceptors (Lipinski definition) is 10. The SMILES string of the molecule is CNC(Cc1ccccc1)C(=O)N(C)[C@@H](CC(C)C)C(=O)N[C@H](C(=O)N(C)[C@@H](CC(C)C)C(=O)N(C)[C@@H](CC(C)C)C(=O)N[C@@H](CC(=O)N(C)C(C)CC(C)=O)C(=O)N1CCCCC1)[C@@H](C)O. The predicted molar refractivity (Wildman–Crippen MR) is 259 cm³/mol. The van der Waals surface area contributed by atoms with Crippen LogP contribution in [0.1, 0.15) is 119 Å². The van der Waals surface area contributed by atoms with Crippen LogP contribution in [0, 0.1) is 17.8 Å². The van der Waals surface area contributed by atoms with Crippen molar-refractivity contribution in [1.82, 2.24) is 40.4 Å². The first kappa shape index (κ1) is 58.2. The number of nitrogens with zero attached hydrogens (tertiary/aromatic N) is 5. The molecule has 0 bridgehead atoms. The Bertz CT molecular complexity index is 1800. The van der Waals surface area contributed by atoms with Crippen LogP contribution in [0.4, 0.5) is 0 Å². The highest BCUT2D eigenvalue weighted by Crippen LogP contribution is 2.21. The summed E-state index contributed by atoms with van der Waals surface area (Å²) >= 11 is 0. The molecule has 8 atom stereocenters. The molecule has 17 heteroatoms. The first-order valence-corrected chi connectivity index (χ1v) is 24.2. The smallest absolute Gasteiger partial charge is 0.248 e. The third-order valence-corrected chi connectivity index (χ3v) is 12.7. The van der Waals surface area contributed by atoms with Gasteiger partial charge in [0.15, 0.2) is 0 Å². The van der Waals surface area contributed by atoms with Gasteiger partial charge in [-0.15, -0.1) is 0 Å². The number of piperidine rings is 1. The van der Waals surface area contributed by atoms with Gasteiger partial charge in [0, 0.05) is 53.7 Å². The van der Waals surface area contributed by atoms with Crippen molar-refractivity contribution >= 4 is 47.1 Å². The summed E-state index contributed by atoms with van der Waals surface area (Å²) in [7, 11) is 7.68. The van der Waals surface area contributed by atoms with Crippen molar-refractivity contribution in [2.75, 3.05) is 48.3 Å². The van der Waals surface area contributed by atoms with Gasteiger partial charge in [0.05, 0.1) is 18.6 Å². The van der Waals surface area contributed by atoms with Crippen LogP contribution in [0.25, 0.3) is 0 Å². The van der Waals surface area contributed by atoms with Crippen molar-refractivity contribution in [1.29, 1.82) is 0 Å². The van der Waals surface area contributed by atoms with Crippen LogP contribution in [0.5, 0.6) is 0 Å². The zero-order valence-electron chi connectivity index (χ0n) is 43.0. The molecule has 1 aliphatic heterocycles. The largest absolute Gasteiger partial charge is 0.391 e. The molecule has 1 aromatic rings. The van der Waals surface area contributed by atoms with E-state index in [1.165, 1.54) is 47.5 Å². The van der Waals surface area contributed by atoms with Crippen LogP contribution >= 0.6 is 0 Å². The van der Waals surface area contributed by atoms with Crippen molar-refractivity contribution < 1.29 is 43.5 Å². The minimum Gasteiger partial charge on any atom is -0.391 e. The Morgan fingerprint density at radius 3 is 1.57 bits per heavy atom. The maximum absolute atomic E-state index is 14.8. The molecule has 1 aliphatic rings. The third kappa shape index (κ3) is 17.9. The molecule has 2 unspecified atom stereocenters. The van der Waals surface area contributed by atoms with Crippen LogP contribution in [-0.4, -0.2) is 173 Å². The molecule has 1 saturated heterocycles. The number of hydrogen-bond donors (Lipinski definition) is 4. The molecule has 0 aromatic heterocycles. The fourth-order valence-electron chi connectivity index (χ4n) is 8.53. The van der Waals surface area contributed by atoms with E-state index in [-0.39, 0.29) is 61.5 Å². The van der Waals surface area contributed by atoms with Gasteiger partial charge in [0.2, 0.25) is 41.4 Å². The molecule has 2 rings (SSSR count). The van der Waals surface area contributed by atoms with Gasteiger partial charge in [-0.05, 0) is 96.1 Å². The Morgan fingerprint density at radius 2 is 1.09 bits per heavy atom. The second-order valence-electron chi connectivity index (χ2n) is 20.0. The standard InChI is InChI=1S/C50H84N8O9/c1-31(2)25-40(45(62)52-39(48(65)58-23-19-16-20-24-58)30-43(61)54(11)34(7)28-35(8)59)56(13)49(66)42(27-33(5)6)57(14)50(67)44(36(9)60)53-46(63)41(26-32(3)4)55(12)47(64)38(51-10)29-37-21-17-15-18-22-37/h15,17-18,21-22,31-34,36,38-42,44,51,60H,16,19-20,23-30H2,1-14H3,(H,52,62)(H,53,63)/t34?,36-,38?,39+,40+,41+,42+,44+/m1/s1. The number of carbonyl (C=O) groups is 8. The van der Waals surface area contributed by atoms with E-state index in [9.17, 15) is 43.5 Å². The maximum atomic E-state index is 14.8. The molecule has 0 spiro atoms. The van der Waals surface area contributed by atoms with Gasteiger partial charge in [0.25, 0.3) is 0 Å². The fraction of sp³-hybridized carbons (Fsp3) is 0.720. The number of amides is 7. The summed E-state index contributed by atoms with van der Waals surface area (Å²) in [6, 6.07) is 2.41. The van der Waals surface area contributed by atoms with E-state index in [4.69, 9.17) is 0 Å². The molecule has 7 amide bonds. The van der Waals surface area contributed by atoms with E-state index in [1.54, 1.807) is 33.0 Å². The van der Waals surface area contributed by atoms with Gasteiger partial charge >= 0.3 is 0 Å². The van der Waals surface area contributed by atoms with Crippen LogP contribution in [-0.2, 0) is 44.8 Å². The van der Waals surface area contributed by atoms with Gasteiger partial charge in [-0.3, -0.25) is 38.4 Å². The summed E-state index contributed by atoms with van der Waals surface area (Å²) in [5, 5.41) is 19.7. The van der Waals surface area contributed by atoms with Gasteiger partial charge < -0.3 is 45.6 Å². The third-order valence-electron chi connectivity index (χ3n) is 12.7. The highest BCUT2D eigenvalue weighted by Gasteiger charge is 2.41. The van der Waals surface area contributed by atoms with E-state index in [1.807, 2.05) is 71.9 Å². The molecule has 0 aliphatic carbocycles. The Labute approximate surface area is 400 Å². The van der Waals surface area contributed by atoms with E-state index in [0.29, 0.717) is 19.5 Å². The first-order valence-electron chi connectivity index (χ1n) is 24.2. The van der Waals surface area contributed by atoms with E-state index >= 15 is 0 Å². The van der Waals surface area contributed by atoms with Crippen LogP contribution in [0.15, 0.2) is 30.3 Å². The van der Waals surface area contributed by atoms with Crippen molar-refractivity contribution in [2.45, 2.75) is 168 Å². The van der Waals surface area contributed by atoms with Crippen LogP contribution < -0.4 is 16.0 Å². The van der Waals surface area contributed by atoms with Crippen molar-refractivity contribution in [3.8, 4) is 0 Å². The number of nitrogens with one attached hydrogen (secondary N) is 3. The van der Waals surface area contributed by atoms with E-state index in [2.05, 4.69) is 16.0 Å². The summed E-state index contributed by atoms with van der Waals surface area (Å²) in [5.74, 6) is -4.11. The quantitative estimate of drug-likeness (QED) is 0.107. The zero-order valence-corrected chi connectivity index (χ0v) is 43.0. The Hall–Kier alpha value is -4.90. The van der Waals surface area contributed by atoms with Gasteiger partial charge in [-0.1, -0.05) is 71.9 Å². The maximum Gasteiger partial charge on any atom is 0.248 e. The molecule has 4 N–H and O–H groups in total. The summed E-state index contributed by atoms with van der Waals surface area (Å²) < 4.78 is 0. The zero-order chi connectivity index (χ0) is 50.9. The van der Waals surface area contributed by atoms with Gasteiger partial charge in [-0.25, -0.2) is 0 Å². The molecular weight excluding hydrogens is 857 g/mol. The number of likely N-dealkylation sites (N-methyl/N-ethyl adjacent to an activating group) is 4. The van der Waals surface area contributed by atoms with E-state index in [0.717, 1.165) is 24.8 Å². The molecule has 0 saturated carbocycles. The average molecular weight is 941 g/mol. The van der Waals surface area contributed by atoms with Crippen molar-refractivity contribution in [3.05, 3.63) is 35.9 Å². The van der Waals surface area contributed by atoms with Crippen molar-refractivity contribution in [2.24, 2.45) is 17.8 Å². The number of carbonyl (C=O) groups excluding carboxylic acids is 8. The minimum atomic E-state index is -1.50. The predicted octanol–water partition coefficient (Wildman–Crippen LogP) is 3.02. The number of Topliss-reactive ketones (excluding diaryl/α,β-unsaturated/α-hetero) is 1. The van der Waals surface area contributed by atoms with Crippen LogP contribution in [0.3, 0.4) is 0 Å². The van der Waals surface area contributed by atoms with Gasteiger partial charge in [0.1, 0.15) is 36.0 Å². The first-order chi connectivity index (χ1) is 31.3. The molecule has 0 radical (unpaired) electrons. The summed E-state index contributed by atoms with van der Waals surface area (Å²) in [6.45, 7) is 16.9. The highest BCUT2D eigenvalue weighted by molar-refractivity contribution is 5.97. The Balaban J connectivity index is 2.46. The number of aliphatic hydroxyl groups excluding tert-OH is 1. The monoisotopic (exact) mass is 941 g/mol. The van der Waals surface area contributed by atoms with Gasteiger partial charge in [-0.2, -0.15) is 0 Å². The fourth-order valence-corrected chi connectivity index (χ4v) is 8.53. The summed E-state index contributed by atoms with van der Waals surface area (Å²) in [5.41, 5.74) is 0.934. The topological polar surface area (TPSA) is 209 Å². The minimum absolute atomic E-state index is 0.0301. The summed E-state index contributed by atoms with van der Waals surface area (Å²) in [4.78, 5) is 118. The molecule has 1 aromatic carbocycles. The molecular formula is C50H84N8O9. The number of rotatable bonds is 26. The molecule has 378 valence electrons. The lowest BCUT2D eigenvalue weighted by Gasteiger charge is -2.38. The normalized spacial score (nSPS) is 16.5. The highest BCUT2D eigenvalue weighted by atomic mass is 16.3. The second-order valence-corrected chi connectivity index (χ2v) is 20.0. The average Bonchev–Trinajstić information content (AvgIpc) is 3.27. The molecule has 17 nitrogen and oxygen atoms in total. The molecule has 1 fully saturated rings. The summed E-state index contributed by atoms with van der Waals surface area (Å²) in [6.07, 6.45) is 1.89. The number of aliphatic hydroxyl groups is 1.